The molecule has 0 unspecified atom stereocenters. The maximum Gasteiger partial charge on any atom is 0.415 e. The summed E-state index contributed by atoms with van der Waals surface area (Å²) in [7, 11) is 0. The van der Waals surface area contributed by atoms with Crippen molar-refractivity contribution < 1.29 is 9.53 Å². The van der Waals surface area contributed by atoms with Gasteiger partial charge in [-0.15, -0.1) is 0 Å². The molecule has 0 N–H and O–H groups in total. The largest absolute Gasteiger partial charge is 0.415 e. The van der Waals surface area contributed by atoms with Crippen molar-refractivity contribution in [2.24, 2.45) is 11.3 Å². The fourth-order valence-corrected chi connectivity index (χ4v) is 2.58. The number of rotatable bonds is 1. The lowest BCUT2D eigenvalue weighted by Gasteiger charge is -2.38. The number of hydrogen-bond acceptors (Lipinski definition) is 2. The highest BCUT2D eigenvalue weighted by Gasteiger charge is 2.30. The summed E-state index contributed by atoms with van der Waals surface area (Å²) in [4.78, 5) is 13.8. The minimum absolute atomic E-state index is 0.224. The summed E-state index contributed by atoms with van der Waals surface area (Å²) in [5.74, 6) is 1.30. The molecule has 1 aliphatic rings. The summed E-state index contributed by atoms with van der Waals surface area (Å²) in [6.45, 7) is 8.42. The predicted molar refractivity (Wildman–Crippen MR) is 76.2 cm³/mol. The molecule has 0 saturated carbocycles. The van der Waals surface area contributed by atoms with Gasteiger partial charge in [0.1, 0.15) is 5.75 Å². The molecule has 1 fully saturated rings. The smallest absolute Gasteiger partial charge is 0.410 e. The number of hydrogen-bond donors (Lipinski definition) is 0. The summed E-state index contributed by atoms with van der Waals surface area (Å²) in [5.41, 5.74) is 0.329. The van der Waals surface area contributed by atoms with Crippen molar-refractivity contribution in [3.63, 3.8) is 0 Å². The van der Waals surface area contributed by atoms with Crippen LogP contribution in [0.15, 0.2) is 30.3 Å². The summed E-state index contributed by atoms with van der Waals surface area (Å²) >= 11 is 0. The third-order valence-electron chi connectivity index (χ3n) is 3.93. The van der Waals surface area contributed by atoms with Gasteiger partial charge < -0.3 is 9.64 Å². The second-order valence-electron chi connectivity index (χ2n) is 6.31. The summed E-state index contributed by atoms with van der Waals surface area (Å²) < 4.78 is 5.36. The molecule has 1 saturated heterocycles. The standard InChI is InChI=1S/C16H23NO2/c1-16(2,3)13-9-11-17(12-10-13)15(18)19-14-7-5-4-6-8-14/h4-8,13H,9-12H2,1-3H3. The van der Waals surface area contributed by atoms with E-state index in [4.69, 9.17) is 4.74 Å². The Kier molecular flexibility index (Phi) is 4.13. The van der Waals surface area contributed by atoms with Crippen molar-refractivity contribution in [1.82, 2.24) is 4.90 Å². The highest BCUT2D eigenvalue weighted by Crippen LogP contribution is 2.34. The fraction of sp³-hybridized carbons (Fsp3) is 0.562. The number of carbonyl (C=O) groups excluding carboxylic acids is 1. The van der Waals surface area contributed by atoms with Gasteiger partial charge in [-0.1, -0.05) is 39.0 Å². The van der Waals surface area contributed by atoms with Crippen LogP contribution in [-0.2, 0) is 0 Å². The first-order chi connectivity index (χ1) is 8.97. The molecule has 1 heterocycles. The van der Waals surface area contributed by atoms with Crippen LogP contribution in [0, 0.1) is 11.3 Å². The number of amides is 1. The van der Waals surface area contributed by atoms with Gasteiger partial charge in [0.05, 0.1) is 0 Å². The van der Waals surface area contributed by atoms with Gasteiger partial charge in [0, 0.05) is 13.1 Å². The SMILES string of the molecule is CC(C)(C)C1CCN(C(=O)Oc2ccccc2)CC1. The highest BCUT2D eigenvalue weighted by molar-refractivity contribution is 5.70. The number of carbonyl (C=O) groups is 1. The van der Waals surface area contributed by atoms with Gasteiger partial charge in [0.15, 0.2) is 0 Å². The number of nitrogens with zero attached hydrogens (tertiary/aromatic N) is 1. The average Bonchev–Trinajstić information content (AvgIpc) is 2.39. The number of piperidine rings is 1. The minimum atomic E-state index is -0.224. The van der Waals surface area contributed by atoms with Crippen molar-refractivity contribution in [2.75, 3.05) is 13.1 Å². The zero-order chi connectivity index (χ0) is 13.9. The van der Waals surface area contributed by atoms with E-state index in [1.54, 1.807) is 12.1 Å². The Morgan fingerprint density at radius 3 is 2.26 bits per heavy atom. The molecule has 3 heteroatoms. The predicted octanol–water partition coefficient (Wildman–Crippen LogP) is 3.94. The van der Waals surface area contributed by atoms with E-state index in [1.165, 1.54) is 0 Å². The van der Waals surface area contributed by atoms with Gasteiger partial charge in [-0.2, -0.15) is 0 Å². The van der Waals surface area contributed by atoms with Gasteiger partial charge in [-0.25, -0.2) is 4.79 Å². The lowest BCUT2D eigenvalue weighted by Crippen LogP contribution is -2.42. The second-order valence-corrected chi connectivity index (χ2v) is 6.31. The van der Waals surface area contributed by atoms with Gasteiger partial charge >= 0.3 is 6.09 Å². The monoisotopic (exact) mass is 261 g/mol. The topological polar surface area (TPSA) is 29.5 Å². The first-order valence-electron chi connectivity index (χ1n) is 6.98. The quantitative estimate of drug-likeness (QED) is 0.766. The maximum atomic E-state index is 12.0. The Labute approximate surface area is 115 Å². The van der Waals surface area contributed by atoms with Crippen LogP contribution in [0.2, 0.25) is 0 Å². The van der Waals surface area contributed by atoms with Crippen molar-refractivity contribution >= 4 is 6.09 Å². The minimum Gasteiger partial charge on any atom is -0.410 e. The molecule has 0 radical (unpaired) electrons. The average molecular weight is 261 g/mol. The molecule has 104 valence electrons. The maximum absolute atomic E-state index is 12.0. The normalized spacial score (nSPS) is 17.3. The number of ether oxygens (including phenoxy) is 1. The van der Waals surface area contributed by atoms with E-state index in [0.717, 1.165) is 25.9 Å². The fourth-order valence-electron chi connectivity index (χ4n) is 2.58. The molecule has 1 aromatic rings. The summed E-state index contributed by atoms with van der Waals surface area (Å²) in [6.07, 6.45) is 1.90. The molecule has 19 heavy (non-hydrogen) atoms. The first-order valence-corrected chi connectivity index (χ1v) is 6.98. The van der Waals surface area contributed by atoms with Gasteiger partial charge in [-0.05, 0) is 36.3 Å². The van der Waals surface area contributed by atoms with Crippen molar-refractivity contribution in [1.29, 1.82) is 0 Å². The van der Waals surface area contributed by atoms with Crippen molar-refractivity contribution in [2.45, 2.75) is 33.6 Å². The van der Waals surface area contributed by atoms with E-state index in [2.05, 4.69) is 20.8 Å². The highest BCUT2D eigenvalue weighted by atomic mass is 16.6. The molecule has 0 spiro atoms. The number of para-hydroxylation sites is 1. The van der Waals surface area contributed by atoms with Gasteiger partial charge in [0.25, 0.3) is 0 Å². The van der Waals surface area contributed by atoms with Crippen molar-refractivity contribution in [3.8, 4) is 5.75 Å². The van der Waals surface area contributed by atoms with Crippen LogP contribution in [0.4, 0.5) is 4.79 Å². The van der Waals surface area contributed by atoms with Crippen LogP contribution in [-0.4, -0.2) is 24.1 Å². The zero-order valence-electron chi connectivity index (χ0n) is 12.1. The summed E-state index contributed by atoms with van der Waals surface area (Å²) in [6, 6.07) is 9.26. The van der Waals surface area contributed by atoms with E-state index < -0.39 is 0 Å². The Balaban J connectivity index is 1.86. The van der Waals surface area contributed by atoms with Gasteiger partial charge in [-0.3, -0.25) is 0 Å². The third kappa shape index (κ3) is 3.72. The van der Waals surface area contributed by atoms with E-state index in [9.17, 15) is 4.79 Å². The van der Waals surface area contributed by atoms with Crippen LogP contribution < -0.4 is 4.74 Å². The molecule has 2 rings (SSSR count). The van der Waals surface area contributed by atoms with E-state index in [1.807, 2.05) is 23.1 Å². The third-order valence-corrected chi connectivity index (χ3v) is 3.93. The molecule has 0 atom stereocenters. The number of likely N-dealkylation sites (tertiary alicyclic amines) is 1. The molecular formula is C16H23NO2. The van der Waals surface area contributed by atoms with Crippen LogP contribution in [0.5, 0.6) is 5.75 Å². The summed E-state index contributed by atoms with van der Waals surface area (Å²) in [5, 5.41) is 0. The second kappa shape index (κ2) is 5.64. The lowest BCUT2D eigenvalue weighted by molar-refractivity contribution is 0.0997. The van der Waals surface area contributed by atoms with Crippen LogP contribution in [0.25, 0.3) is 0 Å². The van der Waals surface area contributed by atoms with E-state index in [-0.39, 0.29) is 6.09 Å². The van der Waals surface area contributed by atoms with Crippen LogP contribution >= 0.6 is 0 Å². The molecule has 3 nitrogen and oxygen atoms in total. The molecule has 1 amide bonds. The Morgan fingerprint density at radius 2 is 1.74 bits per heavy atom. The Morgan fingerprint density at radius 1 is 1.16 bits per heavy atom. The van der Waals surface area contributed by atoms with Crippen LogP contribution in [0.1, 0.15) is 33.6 Å². The van der Waals surface area contributed by atoms with Gasteiger partial charge in [0.2, 0.25) is 0 Å². The molecule has 0 aliphatic carbocycles. The first kappa shape index (κ1) is 13.9. The molecule has 1 aliphatic heterocycles. The van der Waals surface area contributed by atoms with Crippen LogP contribution in [0.3, 0.4) is 0 Å². The zero-order valence-corrected chi connectivity index (χ0v) is 12.1. The molecule has 1 aromatic carbocycles. The molecule has 0 bridgehead atoms. The molecular weight excluding hydrogens is 238 g/mol. The number of benzene rings is 1. The Bertz CT molecular complexity index is 414. The van der Waals surface area contributed by atoms with Crippen molar-refractivity contribution in [3.05, 3.63) is 30.3 Å². The molecule has 0 aromatic heterocycles. The lowest BCUT2D eigenvalue weighted by atomic mass is 9.75. The van der Waals surface area contributed by atoms with E-state index in [0.29, 0.717) is 17.1 Å². The Hall–Kier alpha value is -1.51. The van der Waals surface area contributed by atoms with E-state index >= 15 is 0 Å².